The molecule has 0 bridgehead atoms. The third-order valence-corrected chi connectivity index (χ3v) is 4.95. The Morgan fingerprint density at radius 1 is 0.852 bits per heavy atom. The second kappa shape index (κ2) is 8.14. The zero-order valence-corrected chi connectivity index (χ0v) is 15.2. The van der Waals surface area contributed by atoms with Crippen LogP contribution in [0.1, 0.15) is 10.5 Å². The minimum absolute atomic E-state index is 0.0243. The Morgan fingerprint density at radius 3 is 2.37 bits per heavy atom. The van der Waals surface area contributed by atoms with Gasteiger partial charge in [0.15, 0.2) is 0 Å². The minimum Gasteiger partial charge on any atom is -0.335 e. The fourth-order valence-electron chi connectivity index (χ4n) is 3.41. The van der Waals surface area contributed by atoms with Gasteiger partial charge in [0.05, 0.1) is 0 Å². The number of carbonyl (C=O) groups excluding carboxylic acids is 1. The fraction of sp³-hybridized carbons (Fsp3) is 0.286. The molecular weight excluding hydrogens is 338 g/mol. The van der Waals surface area contributed by atoms with Crippen molar-refractivity contribution >= 4 is 5.91 Å². The van der Waals surface area contributed by atoms with Crippen molar-refractivity contribution < 1.29 is 4.79 Å². The lowest BCUT2D eigenvalue weighted by Gasteiger charge is -2.34. The largest absolute Gasteiger partial charge is 0.335 e. The maximum Gasteiger partial charge on any atom is 0.272 e. The van der Waals surface area contributed by atoms with Crippen LogP contribution in [0.15, 0.2) is 67.1 Å². The molecule has 1 saturated heterocycles. The lowest BCUT2D eigenvalue weighted by molar-refractivity contribution is 0.0627. The highest BCUT2D eigenvalue weighted by Crippen LogP contribution is 2.17. The van der Waals surface area contributed by atoms with Crippen molar-refractivity contribution in [2.75, 3.05) is 32.7 Å². The second-order valence-electron chi connectivity index (χ2n) is 6.66. The molecule has 3 aromatic rings. The van der Waals surface area contributed by atoms with Crippen LogP contribution in [0.2, 0.25) is 0 Å². The molecule has 1 aliphatic rings. The molecule has 2 aromatic heterocycles. The van der Waals surface area contributed by atoms with Crippen molar-refractivity contribution in [3.8, 4) is 11.4 Å². The zero-order chi connectivity index (χ0) is 18.5. The number of rotatable bonds is 5. The molecule has 138 valence electrons. The summed E-state index contributed by atoms with van der Waals surface area (Å²) in [7, 11) is 0. The summed E-state index contributed by atoms with van der Waals surface area (Å²) in [5, 5.41) is 0. The first-order valence-electron chi connectivity index (χ1n) is 9.30. The maximum absolute atomic E-state index is 12.5. The number of piperazine rings is 1. The molecule has 1 fully saturated rings. The van der Waals surface area contributed by atoms with Gasteiger partial charge in [-0.3, -0.25) is 14.7 Å². The summed E-state index contributed by atoms with van der Waals surface area (Å²) in [4.78, 5) is 25.4. The number of nitrogens with zero attached hydrogens (tertiary/aromatic N) is 5. The summed E-state index contributed by atoms with van der Waals surface area (Å²) >= 11 is 0. The van der Waals surface area contributed by atoms with Gasteiger partial charge in [0, 0.05) is 63.4 Å². The Labute approximate surface area is 159 Å². The molecule has 0 spiro atoms. The van der Waals surface area contributed by atoms with E-state index in [0.29, 0.717) is 5.69 Å². The molecule has 4 rings (SSSR count). The molecular formula is C21H23N5O. The molecule has 0 unspecified atom stereocenters. The molecule has 27 heavy (non-hydrogen) atoms. The molecule has 1 amide bonds. The average molecular weight is 361 g/mol. The van der Waals surface area contributed by atoms with Crippen molar-refractivity contribution in [2.45, 2.75) is 6.54 Å². The van der Waals surface area contributed by atoms with Crippen LogP contribution >= 0.6 is 0 Å². The molecule has 0 N–H and O–H groups in total. The average Bonchev–Trinajstić information content (AvgIpc) is 3.22. The number of benzene rings is 1. The monoisotopic (exact) mass is 361 g/mol. The molecule has 0 aliphatic carbocycles. The topological polar surface area (TPSA) is 54.3 Å². The van der Waals surface area contributed by atoms with Gasteiger partial charge >= 0.3 is 0 Å². The van der Waals surface area contributed by atoms with E-state index in [1.807, 2.05) is 47.6 Å². The number of amides is 1. The predicted octanol–water partition coefficient (Wildman–Crippen LogP) is 2.40. The SMILES string of the molecule is O=C(c1ccccn1)N1CCN(CCn2ccnc2-c2ccccc2)CC1. The lowest BCUT2D eigenvalue weighted by Crippen LogP contribution is -2.49. The van der Waals surface area contributed by atoms with Crippen molar-refractivity contribution in [3.63, 3.8) is 0 Å². The van der Waals surface area contributed by atoms with Crippen LogP contribution in [-0.2, 0) is 6.54 Å². The Morgan fingerprint density at radius 2 is 1.63 bits per heavy atom. The summed E-state index contributed by atoms with van der Waals surface area (Å²) in [6, 6.07) is 15.7. The van der Waals surface area contributed by atoms with Gasteiger partial charge in [-0.2, -0.15) is 0 Å². The van der Waals surface area contributed by atoms with Gasteiger partial charge in [-0.15, -0.1) is 0 Å². The van der Waals surface area contributed by atoms with Crippen LogP contribution < -0.4 is 0 Å². The lowest BCUT2D eigenvalue weighted by atomic mass is 10.2. The molecule has 3 heterocycles. The Balaban J connectivity index is 1.31. The fourth-order valence-corrected chi connectivity index (χ4v) is 3.41. The third kappa shape index (κ3) is 4.06. The number of imidazole rings is 1. The summed E-state index contributed by atoms with van der Waals surface area (Å²) < 4.78 is 2.20. The van der Waals surface area contributed by atoms with E-state index in [-0.39, 0.29) is 5.91 Å². The Hall–Kier alpha value is -2.99. The predicted molar refractivity (Wildman–Crippen MR) is 104 cm³/mol. The summed E-state index contributed by atoms with van der Waals surface area (Å²) in [5.41, 5.74) is 1.66. The van der Waals surface area contributed by atoms with Crippen LogP contribution in [0.3, 0.4) is 0 Å². The van der Waals surface area contributed by atoms with Gasteiger partial charge in [0.25, 0.3) is 5.91 Å². The van der Waals surface area contributed by atoms with E-state index >= 15 is 0 Å². The van der Waals surface area contributed by atoms with E-state index in [9.17, 15) is 4.79 Å². The smallest absolute Gasteiger partial charge is 0.272 e. The maximum atomic E-state index is 12.5. The van der Waals surface area contributed by atoms with Gasteiger partial charge in [0.1, 0.15) is 11.5 Å². The summed E-state index contributed by atoms with van der Waals surface area (Å²) in [6.45, 7) is 5.08. The molecule has 0 saturated carbocycles. The number of hydrogen-bond donors (Lipinski definition) is 0. The second-order valence-corrected chi connectivity index (χ2v) is 6.66. The van der Waals surface area contributed by atoms with E-state index in [0.717, 1.165) is 50.7 Å². The quantitative estimate of drug-likeness (QED) is 0.700. The van der Waals surface area contributed by atoms with Crippen LogP contribution in [-0.4, -0.2) is 63.0 Å². The molecule has 0 radical (unpaired) electrons. The number of hydrogen-bond acceptors (Lipinski definition) is 4. The van der Waals surface area contributed by atoms with Crippen molar-refractivity contribution in [3.05, 3.63) is 72.8 Å². The highest BCUT2D eigenvalue weighted by atomic mass is 16.2. The molecule has 6 heteroatoms. The highest BCUT2D eigenvalue weighted by molar-refractivity contribution is 5.92. The van der Waals surface area contributed by atoms with Crippen molar-refractivity contribution in [1.82, 2.24) is 24.3 Å². The van der Waals surface area contributed by atoms with Crippen LogP contribution in [0, 0.1) is 0 Å². The number of aromatic nitrogens is 3. The normalized spacial score (nSPS) is 15.0. The van der Waals surface area contributed by atoms with E-state index in [1.54, 1.807) is 12.3 Å². The zero-order valence-electron chi connectivity index (χ0n) is 15.2. The third-order valence-electron chi connectivity index (χ3n) is 4.95. The molecule has 6 nitrogen and oxygen atoms in total. The van der Waals surface area contributed by atoms with Crippen molar-refractivity contribution in [1.29, 1.82) is 0 Å². The Bertz CT molecular complexity index is 870. The number of pyridine rings is 1. The first kappa shape index (κ1) is 17.4. The van der Waals surface area contributed by atoms with E-state index in [1.165, 1.54) is 0 Å². The summed E-state index contributed by atoms with van der Waals surface area (Å²) in [5.74, 6) is 1.02. The first-order chi connectivity index (χ1) is 13.3. The van der Waals surface area contributed by atoms with Gasteiger partial charge < -0.3 is 9.47 Å². The van der Waals surface area contributed by atoms with Crippen LogP contribution in [0.25, 0.3) is 11.4 Å². The van der Waals surface area contributed by atoms with E-state index in [2.05, 4.69) is 31.6 Å². The molecule has 1 aromatic carbocycles. The van der Waals surface area contributed by atoms with Gasteiger partial charge in [-0.05, 0) is 12.1 Å². The van der Waals surface area contributed by atoms with Crippen LogP contribution in [0.4, 0.5) is 0 Å². The van der Waals surface area contributed by atoms with Gasteiger partial charge in [0.2, 0.25) is 0 Å². The Kier molecular flexibility index (Phi) is 5.25. The molecule has 1 aliphatic heterocycles. The number of carbonyl (C=O) groups is 1. The van der Waals surface area contributed by atoms with Crippen molar-refractivity contribution in [2.24, 2.45) is 0 Å². The summed E-state index contributed by atoms with van der Waals surface area (Å²) in [6.07, 6.45) is 5.55. The van der Waals surface area contributed by atoms with Crippen LogP contribution in [0.5, 0.6) is 0 Å². The molecule has 0 atom stereocenters. The standard InChI is InChI=1S/C21H23N5O/c27-21(19-8-4-5-9-22-19)26-16-13-24(14-17-26)12-15-25-11-10-23-20(25)18-6-2-1-3-7-18/h1-11H,12-17H2. The highest BCUT2D eigenvalue weighted by Gasteiger charge is 2.22. The van der Waals surface area contributed by atoms with E-state index in [4.69, 9.17) is 0 Å². The van der Waals surface area contributed by atoms with E-state index < -0.39 is 0 Å². The van der Waals surface area contributed by atoms with Gasteiger partial charge in [-0.1, -0.05) is 36.4 Å². The first-order valence-corrected chi connectivity index (χ1v) is 9.30. The van der Waals surface area contributed by atoms with Gasteiger partial charge in [-0.25, -0.2) is 4.98 Å². The minimum atomic E-state index is 0.0243.